The van der Waals surface area contributed by atoms with Crippen molar-refractivity contribution >= 4 is 36.4 Å². The maximum Gasteiger partial charge on any atom is 0.224 e. The number of rotatable bonds is 6. The zero-order valence-corrected chi connectivity index (χ0v) is 16.2. The first-order valence-corrected chi connectivity index (χ1v) is 8.70. The van der Waals surface area contributed by atoms with Crippen LogP contribution in [0, 0.1) is 5.92 Å². The quantitative estimate of drug-likeness (QED) is 0.784. The summed E-state index contributed by atoms with van der Waals surface area (Å²) in [5.41, 5.74) is 2.14. The van der Waals surface area contributed by atoms with Crippen molar-refractivity contribution in [2.75, 3.05) is 44.7 Å². The summed E-state index contributed by atoms with van der Waals surface area (Å²) in [5.74, 6) is 0.788. The van der Waals surface area contributed by atoms with Crippen LogP contribution in [0.5, 0.6) is 0 Å². The maximum absolute atomic E-state index is 12.2. The molecule has 5 nitrogen and oxygen atoms in total. The Kier molecular flexibility index (Phi) is 10.4. The standard InChI is InChI=1S/C18H27N3O2.2ClH/c22-18(6-5-15-7-8-19-13-15)20-17-4-2-1-3-16(17)14-21-9-11-23-12-10-21;;/h1-4,15,19H,5-14H2,(H,20,22);2*1H. The summed E-state index contributed by atoms with van der Waals surface area (Å²) in [6, 6.07) is 8.13. The molecule has 1 atom stereocenters. The van der Waals surface area contributed by atoms with Gasteiger partial charge in [-0.2, -0.15) is 0 Å². The largest absolute Gasteiger partial charge is 0.379 e. The van der Waals surface area contributed by atoms with Gasteiger partial charge in [0.1, 0.15) is 0 Å². The number of nitrogens with zero attached hydrogens (tertiary/aromatic N) is 1. The highest BCUT2D eigenvalue weighted by Gasteiger charge is 2.17. The van der Waals surface area contributed by atoms with Gasteiger partial charge in [0.05, 0.1) is 13.2 Å². The minimum Gasteiger partial charge on any atom is -0.379 e. The lowest BCUT2D eigenvalue weighted by Gasteiger charge is -2.27. The Balaban J connectivity index is 0.00000156. The van der Waals surface area contributed by atoms with E-state index in [-0.39, 0.29) is 30.7 Å². The Bertz CT molecular complexity index is 519. The normalized spacial score (nSPS) is 20.4. The molecule has 0 saturated carbocycles. The number of morpholine rings is 1. The van der Waals surface area contributed by atoms with Gasteiger partial charge in [-0.05, 0) is 43.5 Å². The van der Waals surface area contributed by atoms with Crippen molar-refractivity contribution in [1.82, 2.24) is 10.2 Å². The lowest BCUT2D eigenvalue weighted by atomic mass is 10.0. The number of amides is 1. The summed E-state index contributed by atoms with van der Waals surface area (Å²) >= 11 is 0. The minimum absolute atomic E-state index is 0. The van der Waals surface area contributed by atoms with Gasteiger partial charge in [-0.1, -0.05) is 18.2 Å². The van der Waals surface area contributed by atoms with Crippen LogP contribution in [0.4, 0.5) is 5.69 Å². The van der Waals surface area contributed by atoms with Crippen LogP contribution in [0.3, 0.4) is 0 Å². The van der Waals surface area contributed by atoms with Gasteiger partial charge in [0.15, 0.2) is 0 Å². The molecule has 1 aromatic rings. The Morgan fingerprint density at radius 2 is 2.00 bits per heavy atom. The number of carbonyl (C=O) groups is 1. The SMILES string of the molecule is Cl.Cl.O=C(CCC1CCNC1)Nc1ccccc1CN1CCOCC1. The second-order valence-corrected chi connectivity index (χ2v) is 6.49. The molecular formula is C18H29Cl2N3O2. The number of carbonyl (C=O) groups excluding carboxylic acids is 1. The number of anilines is 1. The number of hydrogen-bond acceptors (Lipinski definition) is 4. The molecule has 0 aromatic heterocycles. The fraction of sp³-hybridized carbons (Fsp3) is 0.611. The predicted octanol–water partition coefficient (Wildman–Crippen LogP) is 2.69. The summed E-state index contributed by atoms with van der Waals surface area (Å²) in [6.45, 7) is 6.52. The van der Waals surface area contributed by atoms with Crippen molar-refractivity contribution in [2.24, 2.45) is 5.92 Å². The topological polar surface area (TPSA) is 53.6 Å². The van der Waals surface area contributed by atoms with Crippen LogP contribution in [0.1, 0.15) is 24.8 Å². The van der Waals surface area contributed by atoms with Crippen LogP contribution >= 0.6 is 24.8 Å². The number of hydrogen-bond donors (Lipinski definition) is 2. The molecule has 0 bridgehead atoms. The van der Waals surface area contributed by atoms with Crippen molar-refractivity contribution in [3.8, 4) is 0 Å². The molecule has 2 N–H and O–H groups in total. The van der Waals surface area contributed by atoms with Crippen LogP contribution < -0.4 is 10.6 Å². The van der Waals surface area contributed by atoms with Crippen molar-refractivity contribution < 1.29 is 9.53 Å². The third-order valence-electron chi connectivity index (χ3n) is 4.73. The van der Waals surface area contributed by atoms with E-state index in [0.717, 1.165) is 58.0 Å². The molecule has 1 amide bonds. The summed E-state index contributed by atoms with van der Waals surface area (Å²) < 4.78 is 5.40. The Labute approximate surface area is 162 Å². The van der Waals surface area contributed by atoms with Gasteiger partial charge in [0, 0.05) is 31.7 Å². The summed E-state index contributed by atoms with van der Waals surface area (Å²) in [7, 11) is 0. The molecule has 2 aliphatic heterocycles. The molecule has 7 heteroatoms. The van der Waals surface area contributed by atoms with Crippen molar-refractivity contribution in [1.29, 1.82) is 0 Å². The van der Waals surface area contributed by atoms with Gasteiger partial charge in [-0.3, -0.25) is 9.69 Å². The summed E-state index contributed by atoms with van der Waals surface area (Å²) in [4.78, 5) is 14.6. The highest BCUT2D eigenvalue weighted by molar-refractivity contribution is 5.91. The van der Waals surface area contributed by atoms with Gasteiger partial charge in [0.2, 0.25) is 5.91 Å². The third-order valence-corrected chi connectivity index (χ3v) is 4.73. The van der Waals surface area contributed by atoms with Crippen LogP contribution in [0.2, 0.25) is 0 Å². The summed E-state index contributed by atoms with van der Waals surface area (Å²) in [5, 5.41) is 6.46. The smallest absolute Gasteiger partial charge is 0.224 e. The molecule has 3 rings (SSSR count). The lowest BCUT2D eigenvalue weighted by Crippen LogP contribution is -2.35. The van der Waals surface area contributed by atoms with Crippen molar-refractivity contribution in [2.45, 2.75) is 25.8 Å². The van der Waals surface area contributed by atoms with E-state index < -0.39 is 0 Å². The molecule has 1 aromatic carbocycles. The highest BCUT2D eigenvalue weighted by atomic mass is 35.5. The van der Waals surface area contributed by atoms with E-state index >= 15 is 0 Å². The molecular weight excluding hydrogens is 361 g/mol. The number of ether oxygens (including phenoxy) is 1. The van der Waals surface area contributed by atoms with E-state index in [0.29, 0.717) is 12.3 Å². The average Bonchev–Trinajstić information content (AvgIpc) is 3.09. The van der Waals surface area contributed by atoms with Crippen LogP contribution in [-0.4, -0.2) is 50.2 Å². The van der Waals surface area contributed by atoms with Crippen molar-refractivity contribution in [3.63, 3.8) is 0 Å². The fourth-order valence-electron chi connectivity index (χ4n) is 3.29. The van der Waals surface area contributed by atoms with Crippen molar-refractivity contribution in [3.05, 3.63) is 29.8 Å². The van der Waals surface area contributed by atoms with E-state index in [1.165, 1.54) is 12.0 Å². The Hall–Kier alpha value is -0.850. The Morgan fingerprint density at radius 1 is 1.24 bits per heavy atom. The van der Waals surface area contributed by atoms with E-state index in [1.807, 2.05) is 18.2 Å². The summed E-state index contributed by atoms with van der Waals surface area (Å²) in [6.07, 6.45) is 2.78. The van der Waals surface area contributed by atoms with Crippen LogP contribution in [0.15, 0.2) is 24.3 Å². The molecule has 2 fully saturated rings. The monoisotopic (exact) mass is 389 g/mol. The number of para-hydroxylation sites is 1. The molecule has 0 spiro atoms. The molecule has 2 heterocycles. The zero-order chi connectivity index (χ0) is 15.9. The first-order chi connectivity index (χ1) is 11.3. The molecule has 2 saturated heterocycles. The Morgan fingerprint density at radius 3 is 2.72 bits per heavy atom. The van der Waals surface area contributed by atoms with E-state index in [1.54, 1.807) is 0 Å². The first kappa shape index (κ1) is 22.2. The zero-order valence-electron chi connectivity index (χ0n) is 14.5. The average molecular weight is 390 g/mol. The van der Waals surface area contributed by atoms with E-state index in [2.05, 4.69) is 21.6 Å². The molecule has 0 radical (unpaired) electrons. The molecule has 2 aliphatic rings. The molecule has 142 valence electrons. The molecule has 25 heavy (non-hydrogen) atoms. The number of halogens is 2. The van der Waals surface area contributed by atoms with Crippen LogP contribution in [-0.2, 0) is 16.1 Å². The molecule has 0 aliphatic carbocycles. The van der Waals surface area contributed by atoms with Crippen LogP contribution in [0.25, 0.3) is 0 Å². The number of nitrogens with one attached hydrogen (secondary N) is 2. The van der Waals surface area contributed by atoms with E-state index in [4.69, 9.17) is 4.74 Å². The van der Waals surface area contributed by atoms with Gasteiger partial charge in [-0.25, -0.2) is 0 Å². The molecule has 1 unspecified atom stereocenters. The number of benzene rings is 1. The van der Waals surface area contributed by atoms with E-state index in [9.17, 15) is 4.79 Å². The fourth-order valence-corrected chi connectivity index (χ4v) is 3.29. The second-order valence-electron chi connectivity index (χ2n) is 6.49. The van der Waals surface area contributed by atoms with Gasteiger partial charge >= 0.3 is 0 Å². The van der Waals surface area contributed by atoms with Gasteiger partial charge in [-0.15, -0.1) is 24.8 Å². The van der Waals surface area contributed by atoms with Gasteiger partial charge in [0.25, 0.3) is 0 Å². The first-order valence-electron chi connectivity index (χ1n) is 8.70. The van der Waals surface area contributed by atoms with Gasteiger partial charge < -0.3 is 15.4 Å². The minimum atomic E-state index is 0. The second kappa shape index (κ2) is 11.7. The predicted molar refractivity (Wildman–Crippen MR) is 106 cm³/mol. The lowest BCUT2D eigenvalue weighted by molar-refractivity contribution is -0.116. The maximum atomic E-state index is 12.2. The highest BCUT2D eigenvalue weighted by Crippen LogP contribution is 2.19. The third kappa shape index (κ3) is 7.12.